The van der Waals surface area contributed by atoms with E-state index in [9.17, 15) is 4.79 Å². The van der Waals surface area contributed by atoms with E-state index in [1.54, 1.807) is 11.3 Å². The van der Waals surface area contributed by atoms with Crippen LogP contribution in [0, 0.1) is 0 Å². The van der Waals surface area contributed by atoms with E-state index >= 15 is 0 Å². The highest BCUT2D eigenvalue weighted by molar-refractivity contribution is 7.15. The number of nitrogens with zero attached hydrogens (tertiary/aromatic N) is 5. The van der Waals surface area contributed by atoms with Crippen LogP contribution in [0.15, 0.2) is 48.0 Å². The van der Waals surface area contributed by atoms with Crippen LogP contribution in [0.5, 0.6) is 0 Å². The lowest BCUT2D eigenvalue weighted by Crippen LogP contribution is -2.46. The van der Waals surface area contributed by atoms with Crippen LogP contribution >= 0.6 is 11.3 Å². The molecule has 7 heteroatoms. The van der Waals surface area contributed by atoms with E-state index in [2.05, 4.69) is 62.2 Å². The molecule has 0 radical (unpaired) electrons. The van der Waals surface area contributed by atoms with E-state index in [-0.39, 0.29) is 5.91 Å². The van der Waals surface area contributed by atoms with Crippen molar-refractivity contribution in [2.24, 2.45) is 0 Å². The van der Waals surface area contributed by atoms with Crippen molar-refractivity contribution in [1.82, 2.24) is 24.1 Å². The van der Waals surface area contributed by atoms with Crippen molar-refractivity contribution in [3.63, 3.8) is 0 Å². The second-order valence-corrected chi connectivity index (χ2v) is 9.58. The third kappa shape index (κ3) is 4.80. The number of carbonyl (C=O) groups excluding carboxylic acids is 1. The summed E-state index contributed by atoms with van der Waals surface area (Å²) in [6, 6.07) is 10.5. The molecule has 0 unspecified atom stereocenters. The standard InChI is InChI=1S/C25H31N5OS/c31-24(29-12-5-2-6-13-29)23-22(30-18-19-32-25(30)26-23)20-28-16-14-27(15-17-28)11-7-10-21-8-3-1-4-9-21/h1,3-4,7-10,18-19H,2,5-6,11-17,20H2/b10-7+. The van der Waals surface area contributed by atoms with Crippen LogP contribution in [0.3, 0.4) is 0 Å². The van der Waals surface area contributed by atoms with E-state index in [0.29, 0.717) is 5.69 Å². The Labute approximate surface area is 193 Å². The summed E-state index contributed by atoms with van der Waals surface area (Å²) in [6.07, 6.45) is 9.93. The molecule has 0 bridgehead atoms. The average molecular weight is 450 g/mol. The highest BCUT2D eigenvalue weighted by Crippen LogP contribution is 2.22. The third-order valence-corrected chi connectivity index (χ3v) is 7.28. The van der Waals surface area contributed by atoms with Gasteiger partial charge in [0.1, 0.15) is 0 Å². The Morgan fingerprint density at radius 2 is 1.72 bits per heavy atom. The van der Waals surface area contributed by atoms with Crippen molar-refractivity contribution >= 4 is 28.3 Å². The van der Waals surface area contributed by atoms with Gasteiger partial charge in [-0.3, -0.25) is 19.0 Å². The van der Waals surface area contributed by atoms with Crippen LogP contribution < -0.4 is 0 Å². The first-order chi connectivity index (χ1) is 15.8. The Bertz CT molecular complexity index is 1060. The van der Waals surface area contributed by atoms with Crippen LogP contribution in [0.25, 0.3) is 11.0 Å². The lowest BCUT2D eigenvalue weighted by atomic mass is 10.1. The number of imidazole rings is 1. The molecule has 0 aliphatic carbocycles. The third-order valence-electron chi connectivity index (χ3n) is 6.52. The normalized spacial score (nSPS) is 18.7. The monoisotopic (exact) mass is 449 g/mol. The number of piperazine rings is 1. The second kappa shape index (κ2) is 9.98. The molecule has 1 aromatic carbocycles. The van der Waals surface area contributed by atoms with E-state index in [1.807, 2.05) is 11.0 Å². The Kier molecular flexibility index (Phi) is 6.67. The Morgan fingerprint density at radius 1 is 0.969 bits per heavy atom. The number of benzene rings is 1. The second-order valence-electron chi connectivity index (χ2n) is 8.71. The molecule has 2 aromatic heterocycles. The van der Waals surface area contributed by atoms with Gasteiger partial charge in [-0.25, -0.2) is 4.98 Å². The molecule has 4 heterocycles. The van der Waals surface area contributed by atoms with Crippen LogP contribution in [0.1, 0.15) is 41.0 Å². The van der Waals surface area contributed by atoms with Gasteiger partial charge in [0.15, 0.2) is 10.7 Å². The number of aromatic nitrogens is 2. The maximum Gasteiger partial charge on any atom is 0.274 e. The maximum absolute atomic E-state index is 13.2. The van der Waals surface area contributed by atoms with E-state index < -0.39 is 0 Å². The number of piperidine rings is 1. The molecule has 2 saturated heterocycles. The summed E-state index contributed by atoms with van der Waals surface area (Å²) in [6.45, 7) is 7.57. The van der Waals surface area contributed by atoms with Gasteiger partial charge in [-0.2, -0.15) is 0 Å². The molecule has 32 heavy (non-hydrogen) atoms. The molecule has 168 valence electrons. The fourth-order valence-electron chi connectivity index (χ4n) is 4.65. The summed E-state index contributed by atoms with van der Waals surface area (Å²) in [5.74, 6) is 0.111. The fourth-order valence-corrected chi connectivity index (χ4v) is 5.38. The topological polar surface area (TPSA) is 44.1 Å². The number of amides is 1. The lowest BCUT2D eigenvalue weighted by Gasteiger charge is -2.34. The molecule has 0 saturated carbocycles. The van der Waals surface area contributed by atoms with Crippen molar-refractivity contribution in [3.8, 4) is 0 Å². The molecule has 2 aliphatic rings. The minimum Gasteiger partial charge on any atom is -0.337 e. The number of hydrogen-bond donors (Lipinski definition) is 0. The van der Waals surface area contributed by atoms with Crippen molar-refractivity contribution in [3.05, 3.63) is 64.9 Å². The maximum atomic E-state index is 13.2. The first kappa shape index (κ1) is 21.4. The molecule has 6 nitrogen and oxygen atoms in total. The van der Waals surface area contributed by atoms with Crippen molar-refractivity contribution in [2.75, 3.05) is 45.8 Å². The molecule has 2 fully saturated rings. The van der Waals surface area contributed by atoms with Gasteiger partial charge in [0, 0.05) is 63.9 Å². The van der Waals surface area contributed by atoms with Gasteiger partial charge in [-0.1, -0.05) is 42.5 Å². The van der Waals surface area contributed by atoms with Crippen molar-refractivity contribution < 1.29 is 4.79 Å². The van der Waals surface area contributed by atoms with Crippen LogP contribution in [-0.2, 0) is 6.54 Å². The summed E-state index contributed by atoms with van der Waals surface area (Å²) in [7, 11) is 0. The van der Waals surface area contributed by atoms with Gasteiger partial charge >= 0.3 is 0 Å². The fraction of sp³-hybridized carbons (Fsp3) is 0.440. The first-order valence-corrected chi connectivity index (χ1v) is 12.6. The molecule has 0 spiro atoms. The van der Waals surface area contributed by atoms with Gasteiger partial charge in [-0.15, -0.1) is 11.3 Å². The van der Waals surface area contributed by atoms with Crippen molar-refractivity contribution in [2.45, 2.75) is 25.8 Å². The highest BCUT2D eigenvalue weighted by Gasteiger charge is 2.27. The van der Waals surface area contributed by atoms with Gasteiger partial charge < -0.3 is 4.90 Å². The van der Waals surface area contributed by atoms with E-state index in [1.165, 1.54) is 12.0 Å². The number of carbonyl (C=O) groups is 1. The van der Waals surface area contributed by atoms with Gasteiger partial charge in [0.05, 0.1) is 5.69 Å². The Hall–Kier alpha value is -2.48. The minimum absolute atomic E-state index is 0.111. The molecule has 0 atom stereocenters. The number of fused-ring (bicyclic) bond motifs is 1. The minimum atomic E-state index is 0.111. The number of thiazole rings is 1. The summed E-state index contributed by atoms with van der Waals surface area (Å²) in [5, 5.41) is 2.05. The lowest BCUT2D eigenvalue weighted by molar-refractivity contribution is 0.0715. The molecule has 2 aliphatic heterocycles. The van der Waals surface area contributed by atoms with Crippen LogP contribution in [0.4, 0.5) is 0 Å². The quantitative estimate of drug-likeness (QED) is 0.573. The summed E-state index contributed by atoms with van der Waals surface area (Å²) >= 11 is 1.60. The smallest absolute Gasteiger partial charge is 0.274 e. The van der Waals surface area contributed by atoms with Crippen molar-refractivity contribution in [1.29, 1.82) is 0 Å². The zero-order valence-corrected chi connectivity index (χ0v) is 19.3. The zero-order valence-electron chi connectivity index (χ0n) is 18.5. The average Bonchev–Trinajstić information content (AvgIpc) is 3.44. The van der Waals surface area contributed by atoms with Crippen LogP contribution in [-0.4, -0.2) is 75.8 Å². The number of likely N-dealkylation sites (tertiary alicyclic amines) is 1. The predicted octanol–water partition coefficient (Wildman–Crippen LogP) is 3.85. The molecule has 5 rings (SSSR count). The predicted molar refractivity (Wildman–Crippen MR) is 130 cm³/mol. The molecule has 0 N–H and O–H groups in total. The number of rotatable bonds is 6. The molecule has 1 amide bonds. The summed E-state index contributed by atoms with van der Waals surface area (Å²) in [5.41, 5.74) is 2.96. The molecular formula is C25H31N5OS. The highest BCUT2D eigenvalue weighted by atomic mass is 32.1. The van der Waals surface area contributed by atoms with E-state index in [0.717, 1.165) is 75.9 Å². The van der Waals surface area contributed by atoms with Gasteiger partial charge in [0.2, 0.25) is 0 Å². The van der Waals surface area contributed by atoms with Crippen LogP contribution in [0.2, 0.25) is 0 Å². The van der Waals surface area contributed by atoms with E-state index in [4.69, 9.17) is 4.98 Å². The number of hydrogen-bond acceptors (Lipinski definition) is 5. The Balaban J connectivity index is 1.21. The molecule has 3 aromatic rings. The SMILES string of the molecule is O=C(c1nc2sccn2c1CN1CCN(C/C=C/c2ccccc2)CC1)N1CCCCC1. The summed E-state index contributed by atoms with van der Waals surface area (Å²) < 4.78 is 2.12. The summed E-state index contributed by atoms with van der Waals surface area (Å²) in [4.78, 5) is 25.9. The first-order valence-electron chi connectivity index (χ1n) is 11.7. The van der Waals surface area contributed by atoms with Gasteiger partial charge in [0.25, 0.3) is 5.91 Å². The Morgan fingerprint density at radius 3 is 2.50 bits per heavy atom. The largest absolute Gasteiger partial charge is 0.337 e. The molecular weight excluding hydrogens is 418 g/mol. The zero-order chi connectivity index (χ0) is 21.8. The van der Waals surface area contributed by atoms with Gasteiger partial charge in [-0.05, 0) is 24.8 Å².